The summed E-state index contributed by atoms with van der Waals surface area (Å²) in [7, 11) is 1.40. The predicted octanol–water partition coefficient (Wildman–Crippen LogP) is 4.22. The van der Waals surface area contributed by atoms with Crippen LogP contribution in [0.15, 0.2) is 47.6 Å². The number of nitrogens with zero attached hydrogens (tertiary/aromatic N) is 1. The molecule has 0 radical (unpaired) electrons. The lowest BCUT2D eigenvalue weighted by molar-refractivity contribution is -0.140. The number of unbranched alkanes of at least 4 members (excludes halogenated alkanes) is 3. The van der Waals surface area contributed by atoms with E-state index in [9.17, 15) is 9.59 Å². The van der Waals surface area contributed by atoms with Crippen LogP contribution in [0, 0.1) is 0 Å². The van der Waals surface area contributed by atoms with Crippen LogP contribution >= 0.6 is 0 Å². The van der Waals surface area contributed by atoms with Crippen LogP contribution in [0.1, 0.15) is 55.2 Å². The molecule has 0 fully saturated rings. The SMILES string of the molecule is COC(=O)CCCCCCC(=O)N/N=C/c1ccc2c(c1)Cc1ccccc1-2. The first-order valence-corrected chi connectivity index (χ1v) is 9.77. The Morgan fingerprint density at radius 1 is 1.00 bits per heavy atom. The maximum atomic E-state index is 11.9. The van der Waals surface area contributed by atoms with E-state index in [4.69, 9.17) is 0 Å². The van der Waals surface area contributed by atoms with E-state index in [1.54, 1.807) is 6.21 Å². The zero-order valence-corrected chi connectivity index (χ0v) is 16.2. The van der Waals surface area contributed by atoms with Gasteiger partial charge in [-0.1, -0.05) is 49.2 Å². The maximum absolute atomic E-state index is 11.9. The number of amides is 1. The third kappa shape index (κ3) is 5.28. The molecule has 0 saturated carbocycles. The van der Waals surface area contributed by atoms with Gasteiger partial charge in [-0.3, -0.25) is 9.59 Å². The van der Waals surface area contributed by atoms with Crippen LogP contribution in [0.4, 0.5) is 0 Å². The van der Waals surface area contributed by atoms with Gasteiger partial charge in [-0.25, -0.2) is 5.43 Å². The molecular weight excluding hydrogens is 352 g/mol. The highest BCUT2D eigenvalue weighted by atomic mass is 16.5. The Balaban J connectivity index is 1.39. The predicted molar refractivity (Wildman–Crippen MR) is 110 cm³/mol. The molecule has 5 heteroatoms. The Hall–Kier alpha value is -2.95. The maximum Gasteiger partial charge on any atom is 0.305 e. The first-order chi connectivity index (χ1) is 13.7. The van der Waals surface area contributed by atoms with Crippen LogP contribution in [-0.4, -0.2) is 25.2 Å². The number of carbonyl (C=O) groups is 2. The number of hydrazone groups is 1. The van der Waals surface area contributed by atoms with Crippen molar-refractivity contribution in [2.75, 3.05) is 7.11 Å². The highest BCUT2D eigenvalue weighted by Gasteiger charge is 2.17. The monoisotopic (exact) mass is 378 g/mol. The minimum absolute atomic E-state index is 0.0854. The standard InChI is InChI=1S/C23H26N2O3/c1-28-23(27)11-5-3-2-4-10-22(26)25-24-16-17-12-13-21-19(14-17)15-18-8-6-7-9-20(18)21/h6-9,12-14,16H,2-5,10-11,15H2,1H3,(H,25,26)/b24-16+. The van der Waals surface area contributed by atoms with Crippen LogP contribution in [0.2, 0.25) is 0 Å². The number of hydrogen-bond acceptors (Lipinski definition) is 4. The van der Waals surface area contributed by atoms with Crippen LogP contribution in [0.25, 0.3) is 11.1 Å². The lowest BCUT2D eigenvalue weighted by atomic mass is 10.0. The van der Waals surface area contributed by atoms with Gasteiger partial charge in [0.05, 0.1) is 13.3 Å². The summed E-state index contributed by atoms with van der Waals surface area (Å²) in [6.45, 7) is 0. The van der Waals surface area contributed by atoms with Gasteiger partial charge in [0.1, 0.15) is 0 Å². The first kappa shape index (κ1) is 19.8. The van der Waals surface area contributed by atoms with Crippen LogP contribution in [0.5, 0.6) is 0 Å². The molecule has 2 aromatic rings. The minimum Gasteiger partial charge on any atom is -0.469 e. The van der Waals surface area contributed by atoms with Crippen molar-refractivity contribution < 1.29 is 14.3 Å². The molecule has 2 aromatic carbocycles. The number of nitrogens with one attached hydrogen (secondary N) is 1. The normalized spacial score (nSPS) is 11.9. The van der Waals surface area contributed by atoms with Crippen LogP contribution in [-0.2, 0) is 20.7 Å². The van der Waals surface area contributed by atoms with Gasteiger partial charge in [0, 0.05) is 12.8 Å². The molecule has 1 aliphatic rings. The summed E-state index contributed by atoms with van der Waals surface area (Å²) in [6.07, 6.45) is 6.94. The van der Waals surface area contributed by atoms with Crippen molar-refractivity contribution in [3.63, 3.8) is 0 Å². The third-order valence-electron chi connectivity index (χ3n) is 4.98. The molecule has 0 heterocycles. The van der Waals surface area contributed by atoms with Crippen molar-refractivity contribution in [3.8, 4) is 11.1 Å². The molecule has 0 saturated heterocycles. The van der Waals surface area contributed by atoms with Gasteiger partial charge in [0.25, 0.3) is 0 Å². The van der Waals surface area contributed by atoms with Crippen molar-refractivity contribution in [1.82, 2.24) is 5.43 Å². The summed E-state index contributed by atoms with van der Waals surface area (Å²) in [4.78, 5) is 22.9. The average Bonchev–Trinajstić information content (AvgIpc) is 3.08. The van der Waals surface area contributed by atoms with Crippen molar-refractivity contribution in [1.29, 1.82) is 0 Å². The summed E-state index contributed by atoms with van der Waals surface area (Å²) in [5.41, 5.74) is 8.81. The molecule has 1 aliphatic carbocycles. The highest BCUT2D eigenvalue weighted by Crippen LogP contribution is 2.36. The van der Waals surface area contributed by atoms with E-state index in [0.29, 0.717) is 12.8 Å². The van der Waals surface area contributed by atoms with Gasteiger partial charge in [-0.15, -0.1) is 0 Å². The molecule has 0 unspecified atom stereocenters. The molecule has 1 N–H and O–H groups in total. The summed E-state index contributed by atoms with van der Waals surface area (Å²) >= 11 is 0. The van der Waals surface area contributed by atoms with E-state index < -0.39 is 0 Å². The fourth-order valence-corrected chi connectivity index (χ4v) is 3.49. The van der Waals surface area contributed by atoms with Gasteiger partial charge >= 0.3 is 5.97 Å². The van der Waals surface area contributed by atoms with Crippen molar-refractivity contribution in [2.45, 2.75) is 44.9 Å². The molecule has 0 spiro atoms. The van der Waals surface area contributed by atoms with Gasteiger partial charge in [0.2, 0.25) is 5.91 Å². The smallest absolute Gasteiger partial charge is 0.305 e. The second-order valence-electron chi connectivity index (χ2n) is 7.03. The van der Waals surface area contributed by atoms with Crippen molar-refractivity contribution in [2.24, 2.45) is 5.10 Å². The minimum atomic E-state index is -0.178. The van der Waals surface area contributed by atoms with Crippen LogP contribution in [0.3, 0.4) is 0 Å². The number of fused-ring (bicyclic) bond motifs is 3. The van der Waals surface area contributed by atoms with Gasteiger partial charge in [-0.05, 0) is 53.1 Å². The molecule has 0 aromatic heterocycles. The van der Waals surface area contributed by atoms with Gasteiger partial charge in [-0.2, -0.15) is 5.10 Å². The molecule has 5 nitrogen and oxygen atoms in total. The first-order valence-electron chi connectivity index (χ1n) is 9.77. The summed E-state index contributed by atoms with van der Waals surface area (Å²) < 4.78 is 4.60. The molecule has 0 aliphatic heterocycles. The second kappa shape index (κ2) is 9.83. The molecule has 0 bridgehead atoms. The van der Waals surface area contributed by atoms with Gasteiger partial charge < -0.3 is 4.74 Å². The highest BCUT2D eigenvalue weighted by molar-refractivity contribution is 5.85. The second-order valence-corrected chi connectivity index (χ2v) is 7.03. The van der Waals surface area contributed by atoms with E-state index in [1.165, 1.54) is 29.4 Å². The Kier molecular flexibility index (Phi) is 6.95. The fourth-order valence-electron chi connectivity index (χ4n) is 3.49. The number of benzene rings is 2. The average molecular weight is 378 g/mol. The Morgan fingerprint density at radius 3 is 2.57 bits per heavy atom. The molecule has 1 amide bonds. The number of methoxy groups -OCH3 is 1. The number of esters is 1. The summed E-state index contributed by atoms with van der Waals surface area (Å²) in [5.74, 6) is -0.264. The lowest BCUT2D eigenvalue weighted by Crippen LogP contribution is -2.16. The van der Waals surface area contributed by atoms with E-state index in [2.05, 4.69) is 51.7 Å². The van der Waals surface area contributed by atoms with E-state index in [0.717, 1.165) is 37.7 Å². The zero-order valence-electron chi connectivity index (χ0n) is 16.2. The molecule has 0 atom stereocenters. The third-order valence-corrected chi connectivity index (χ3v) is 4.98. The number of ether oxygens (including phenoxy) is 1. The quantitative estimate of drug-likeness (QED) is 0.262. The number of carbonyl (C=O) groups excluding carboxylic acids is 2. The Bertz CT molecular complexity index is 874. The van der Waals surface area contributed by atoms with Crippen molar-refractivity contribution >= 4 is 18.1 Å². The fraction of sp³-hybridized carbons (Fsp3) is 0.348. The molecule has 28 heavy (non-hydrogen) atoms. The summed E-state index contributed by atoms with van der Waals surface area (Å²) in [6, 6.07) is 14.7. The molecule has 3 rings (SSSR count). The van der Waals surface area contributed by atoms with E-state index >= 15 is 0 Å². The zero-order chi connectivity index (χ0) is 19.8. The Morgan fingerprint density at radius 2 is 1.75 bits per heavy atom. The van der Waals surface area contributed by atoms with Crippen LogP contribution < -0.4 is 5.43 Å². The summed E-state index contributed by atoms with van der Waals surface area (Å²) in [5, 5.41) is 4.08. The molecule has 146 valence electrons. The van der Waals surface area contributed by atoms with Gasteiger partial charge in [0.15, 0.2) is 0 Å². The topological polar surface area (TPSA) is 67.8 Å². The van der Waals surface area contributed by atoms with Crippen molar-refractivity contribution in [3.05, 3.63) is 59.2 Å². The molecular formula is C23H26N2O3. The number of rotatable bonds is 9. The Labute approximate surface area is 165 Å². The van der Waals surface area contributed by atoms with E-state index in [1.807, 2.05) is 6.07 Å². The lowest BCUT2D eigenvalue weighted by Gasteiger charge is -2.03. The largest absolute Gasteiger partial charge is 0.469 e. The van der Waals surface area contributed by atoms with E-state index in [-0.39, 0.29) is 11.9 Å². The number of hydrogen-bond donors (Lipinski definition) is 1.